The van der Waals surface area contributed by atoms with Gasteiger partial charge in [0.05, 0.1) is 11.5 Å². The van der Waals surface area contributed by atoms with Gasteiger partial charge in [-0.05, 0) is 19.8 Å². The monoisotopic (exact) mass is 216 g/mol. The second kappa shape index (κ2) is 6.83. The molecule has 0 aromatic heterocycles. The number of aliphatic carboxylic acids is 1. The number of carbonyl (C=O) groups is 1. The minimum absolute atomic E-state index is 0.564. The third kappa shape index (κ3) is 4.20. The third-order valence-electron chi connectivity index (χ3n) is 3.09. The van der Waals surface area contributed by atoms with Crippen molar-refractivity contribution in [3.63, 3.8) is 0 Å². The van der Waals surface area contributed by atoms with Crippen LogP contribution in [0.2, 0.25) is 0 Å². The van der Waals surface area contributed by atoms with Gasteiger partial charge < -0.3 is 10.2 Å². The van der Waals surface area contributed by atoms with Gasteiger partial charge >= 0.3 is 5.97 Å². The highest BCUT2D eigenvalue weighted by Gasteiger charge is 2.39. The molecule has 0 bridgehead atoms. The number of hydrogen-bond donors (Lipinski definition) is 2. The largest absolute Gasteiger partial charge is 0.481 e. The predicted molar refractivity (Wildman–Crippen MR) is 60.8 cm³/mol. The summed E-state index contributed by atoms with van der Waals surface area (Å²) < 4.78 is 0. The van der Waals surface area contributed by atoms with Gasteiger partial charge in [0.2, 0.25) is 0 Å². The van der Waals surface area contributed by atoms with E-state index >= 15 is 0 Å². The summed E-state index contributed by atoms with van der Waals surface area (Å²) in [5.41, 5.74) is -0.967. The van der Waals surface area contributed by atoms with E-state index in [1.165, 1.54) is 0 Å². The van der Waals surface area contributed by atoms with Crippen LogP contribution in [-0.2, 0) is 4.79 Å². The molecule has 0 rings (SSSR count). The van der Waals surface area contributed by atoms with Crippen molar-refractivity contribution < 1.29 is 15.0 Å². The lowest BCUT2D eigenvalue weighted by molar-refractivity contribution is -0.156. The van der Waals surface area contributed by atoms with Crippen LogP contribution in [0, 0.1) is 5.41 Å². The molecule has 3 nitrogen and oxygen atoms in total. The van der Waals surface area contributed by atoms with Gasteiger partial charge in [-0.2, -0.15) is 0 Å². The number of aliphatic hydroxyl groups excluding tert-OH is 1. The Hall–Kier alpha value is -0.570. The first-order valence-electron chi connectivity index (χ1n) is 5.90. The fourth-order valence-corrected chi connectivity index (χ4v) is 1.75. The minimum Gasteiger partial charge on any atom is -0.481 e. The van der Waals surface area contributed by atoms with Gasteiger partial charge in [0.1, 0.15) is 0 Å². The summed E-state index contributed by atoms with van der Waals surface area (Å²) in [6.45, 7) is 5.70. The van der Waals surface area contributed by atoms with Crippen LogP contribution in [0.4, 0.5) is 0 Å². The molecular weight excluding hydrogens is 192 g/mol. The van der Waals surface area contributed by atoms with Crippen molar-refractivity contribution >= 4 is 5.97 Å². The average Bonchev–Trinajstić information content (AvgIpc) is 2.18. The number of unbranched alkanes of at least 4 members (excludes halogenated alkanes) is 2. The Kier molecular flexibility index (Phi) is 6.57. The summed E-state index contributed by atoms with van der Waals surface area (Å²) in [5, 5.41) is 19.0. The van der Waals surface area contributed by atoms with Crippen LogP contribution >= 0.6 is 0 Å². The molecule has 0 aromatic carbocycles. The molecule has 90 valence electrons. The molecule has 2 unspecified atom stereocenters. The number of aliphatic hydroxyl groups is 1. The maximum absolute atomic E-state index is 11.2. The topological polar surface area (TPSA) is 57.5 Å². The van der Waals surface area contributed by atoms with Crippen molar-refractivity contribution in [2.75, 3.05) is 0 Å². The zero-order valence-corrected chi connectivity index (χ0v) is 10.1. The van der Waals surface area contributed by atoms with E-state index in [0.29, 0.717) is 12.8 Å². The van der Waals surface area contributed by atoms with Crippen molar-refractivity contribution in [1.29, 1.82) is 0 Å². The molecule has 0 spiro atoms. The van der Waals surface area contributed by atoms with Crippen LogP contribution < -0.4 is 0 Å². The molecule has 15 heavy (non-hydrogen) atoms. The van der Waals surface area contributed by atoms with Crippen molar-refractivity contribution in [3.05, 3.63) is 0 Å². The second-order valence-electron chi connectivity index (χ2n) is 4.48. The van der Waals surface area contributed by atoms with Crippen LogP contribution in [0.15, 0.2) is 0 Å². The summed E-state index contributed by atoms with van der Waals surface area (Å²) in [6, 6.07) is 0. The van der Waals surface area contributed by atoms with E-state index in [1.807, 2.05) is 6.92 Å². The maximum Gasteiger partial charge on any atom is 0.311 e. The van der Waals surface area contributed by atoms with Gasteiger partial charge in [-0.3, -0.25) is 4.79 Å². The summed E-state index contributed by atoms with van der Waals surface area (Å²) >= 11 is 0. The fourth-order valence-electron chi connectivity index (χ4n) is 1.75. The van der Waals surface area contributed by atoms with Gasteiger partial charge in [0.25, 0.3) is 0 Å². The number of hydrogen-bond acceptors (Lipinski definition) is 2. The van der Waals surface area contributed by atoms with E-state index in [1.54, 1.807) is 6.92 Å². The predicted octanol–water partition coefficient (Wildman–Crippen LogP) is 2.82. The van der Waals surface area contributed by atoms with Crippen molar-refractivity contribution in [3.8, 4) is 0 Å². The van der Waals surface area contributed by atoms with E-state index in [-0.39, 0.29) is 0 Å². The van der Waals surface area contributed by atoms with Crippen molar-refractivity contribution in [2.24, 2.45) is 5.41 Å². The smallest absolute Gasteiger partial charge is 0.311 e. The molecule has 3 heteroatoms. The lowest BCUT2D eigenvalue weighted by Gasteiger charge is -2.30. The zero-order valence-electron chi connectivity index (χ0n) is 10.1. The van der Waals surface area contributed by atoms with Gasteiger partial charge in [-0.25, -0.2) is 0 Å². The molecule has 0 aromatic rings. The standard InChI is InChI=1S/C12H24O3/c1-4-6-7-9-12(3,11(14)15)10(13)8-5-2/h10,13H,4-9H2,1-3H3,(H,14,15). The molecular formula is C12H24O3. The molecule has 0 saturated heterocycles. The van der Waals surface area contributed by atoms with Crippen LogP contribution in [0.25, 0.3) is 0 Å². The Morgan fingerprint density at radius 2 is 1.87 bits per heavy atom. The molecule has 0 saturated carbocycles. The zero-order chi connectivity index (χ0) is 11.9. The molecule has 0 aliphatic rings. The van der Waals surface area contributed by atoms with Crippen LogP contribution in [0.3, 0.4) is 0 Å². The van der Waals surface area contributed by atoms with E-state index in [2.05, 4.69) is 6.92 Å². The van der Waals surface area contributed by atoms with Gasteiger partial charge in [-0.15, -0.1) is 0 Å². The Labute approximate surface area is 92.5 Å². The first kappa shape index (κ1) is 14.4. The maximum atomic E-state index is 11.2. The summed E-state index contributed by atoms with van der Waals surface area (Å²) in [7, 11) is 0. The molecule has 0 fully saturated rings. The number of carboxylic acid groups (broad SMARTS) is 1. The first-order chi connectivity index (χ1) is 6.99. The second-order valence-corrected chi connectivity index (χ2v) is 4.48. The lowest BCUT2D eigenvalue weighted by Crippen LogP contribution is -2.39. The molecule has 0 heterocycles. The average molecular weight is 216 g/mol. The molecule has 0 amide bonds. The summed E-state index contributed by atoms with van der Waals surface area (Å²) in [6.07, 6.45) is 4.20. The van der Waals surface area contributed by atoms with Crippen molar-refractivity contribution in [2.45, 2.75) is 65.4 Å². The summed E-state index contributed by atoms with van der Waals surface area (Å²) in [4.78, 5) is 11.2. The molecule has 2 N–H and O–H groups in total. The van der Waals surface area contributed by atoms with E-state index in [0.717, 1.165) is 25.7 Å². The third-order valence-corrected chi connectivity index (χ3v) is 3.09. The number of carboxylic acids is 1. The fraction of sp³-hybridized carbons (Fsp3) is 0.917. The molecule has 0 aliphatic heterocycles. The SMILES string of the molecule is CCCCCC(C)(C(=O)O)C(O)CCC. The Morgan fingerprint density at radius 1 is 1.27 bits per heavy atom. The molecule has 2 atom stereocenters. The van der Waals surface area contributed by atoms with Crippen LogP contribution in [-0.4, -0.2) is 22.3 Å². The van der Waals surface area contributed by atoms with Gasteiger partial charge in [0, 0.05) is 0 Å². The van der Waals surface area contributed by atoms with E-state index in [4.69, 9.17) is 5.11 Å². The Balaban J connectivity index is 4.37. The Bertz CT molecular complexity index is 191. The normalized spacial score (nSPS) is 17.1. The minimum atomic E-state index is -0.967. The number of rotatable bonds is 8. The first-order valence-corrected chi connectivity index (χ1v) is 5.90. The van der Waals surface area contributed by atoms with Gasteiger partial charge in [-0.1, -0.05) is 39.5 Å². The van der Waals surface area contributed by atoms with Gasteiger partial charge in [0.15, 0.2) is 0 Å². The van der Waals surface area contributed by atoms with Crippen LogP contribution in [0.1, 0.15) is 59.3 Å². The van der Waals surface area contributed by atoms with Crippen LogP contribution in [0.5, 0.6) is 0 Å². The molecule has 0 aliphatic carbocycles. The van der Waals surface area contributed by atoms with Crippen molar-refractivity contribution in [1.82, 2.24) is 0 Å². The Morgan fingerprint density at radius 3 is 2.27 bits per heavy atom. The highest BCUT2D eigenvalue weighted by Crippen LogP contribution is 2.31. The van der Waals surface area contributed by atoms with E-state index < -0.39 is 17.5 Å². The quantitative estimate of drug-likeness (QED) is 0.613. The highest BCUT2D eigenvalue weighted by atomic mass is 16.4. The lowest BCUT2D eigenvalue weighted by atomic mass is 9.78. The summed E-state index contributed by atoms with van der Waals surface area (Å²) in [5.74, 6) is -0.875. The highest BCUT2D eigenvalue weighted by molar-refractivity contribution is 5.74. The van der Waals surface area contributed by atoms with E-state index in [9.17, 15) is 9.90 Å². The molecule has 0 radical (unpaired) electrons.